The molecule has 3 N–H and O–H groups in total. The summed E-state index contributed by atoms with van der Waals surface area (Å²) in [7, 11) is 0. The fourth-order valence-corrected chi connectivity index (χ4v) is 3.48. The van der Waals surface area contributed by atoms with Crippen LogP contribution in [0.1, 0.15) is 18.4 Å². The normalized spacial score (nSPS) is 28.5. The van der Waals surface area contributed by atoms with E-state index < -0.39 is 35.8 Å². The number of carboxylic acids is 2. The van der Waals surface area contributed by atoms with Gasteiger partial charge in [-0.3, -0.25) is 14.4 Å². The molecule has 2 fully saturated rings. The molecule has 2 bridgehead atoms. The highest BCUT2D eigenvalue weighted by Crippen LogP contribution is 2.44. The van der Waals surface area contributed by atoms with Crippen LogP contribution >= 0.6 is 0 Å². The first-order chi connectivity index (χ1) is 11.0. The topological polar surface area (TPSA) is 113 Å². The summed E-state index contributed by atoms with van der Waals surface area (Å²) in [5.41, 5.74) is 1.02. The van der Waals surface area contributed by atoms with E-state index in [1.807, 2.05) is 0 Å². The molecule has 1 aromatic rings. The van der Waals surface area contributed by atoms with Crippen molar-refractivity contribution in [1.29, 1.82) is 0 Å². The summed E-state index contributed by atoms with van der Waals surface area (Å²) in [5, 5.41) is 20.8. The highest BCUT2D eigenvalue weighted by molar-refractivity contribution is 5.96. The Morgan fingerprint density at radius 1 is 1.13 bits per heavy atom. The lowest BCUT2D eigenvalue weighted by Crippen LogP contribution is -2.40. The minimum atomic E-state index is -1.02. The van der Waals surface area contributed by atoms with Crippen molar-refractivity contribution in [2.45, 2.75) is 31.5 Å². The highest BCUT2D eigenvalue weighted by atomic mass is 16.5. The van der Waals surface area contributed by atoms with Gasteiger partial charge < -0.3 is 20.3 Å². The molecular formula is C16H17NO6. The molecule has 2 heterocycles. The molecule has 2 aliphatic rings. The molecule has 0 aliphatic carbocycles. The van der Waals surface area contributed by atoms with Crippen LogP contribution in [0, 0.1) is 11.8 Å². The third kappa shape index (κ3) is 3.05. The Morgan fingerprint density at radius 2 is 1.83 bits per heavy atom. The number of carbonyl (C=O) groups excluding carboxylic acids is 1. The van der Waals surface area contributed by atoms with Gasteiger partial charge in [0.1, 0.15) is 0 Å². The quantitative estimate of drug-likeness (QED) is 0.750. The number of carbonyl (C=O) groups is 3. The summed E-state index contributed by atoms with van der Waals surface area (Å²) in [6.45, 7) is 0. The average molecular weight is 319 g/mol. The van der Waals surface area contributed by atoms with Crippen LogP contribution in [0.25, 0.3) is 0 Å². The van der Waals surface area contributed by atoms with E-state index in [4.69, 9.17) is 9.84 Å². The van der Waals surface area contributed by atoms with Crippen LogP contribution in [0.3, 0.4) is 0 Å². The minimum Gasteiger partial charge on any atom is -0.481 e. The van der Waals surface area contributed by atoms with Gasteiger partial charge in [-0.05, 0) is 30.5 Å². The van der Waals surface area contributed by atoms with Crippen molar-refractivity contribution in [3.63, 3.8) is 0 Å². The van der Waals surface area contributed by atoms with Crippen LogP contribution in [0.15, 0.2) is 24.3 Å². The Bertz CT molecular complexity index is 658. The fourth-order valence-electron chi connectivity index (χ4n) is 3.48. The molecule has 0 saturated carbocycles. The second kappa shape index (κ2) is 6.00. The lowest BCUT2D eigenvalue weighted by atomic mass is 9.78. The van der Waals surface area contributed by atoms with Crippen molar-refractivity contribution in [1.82, 2.24) is 0 Å². The molecule has 4 atom stereocenters. The molecule has 1 aromatic carbocycles. The van der Waals surface area contributed by atoms with Gasteiger partial charge in [0.2, 0.25) is 5.91 Å². The van der Waals surface area contributed by atoms with Gasteiger partial charge in [0.15, 0.2) is 0 Å². The molecule has 2 aliphatic heterocycles. The summed E-state index contributed by atoms with van der Waals surface area (Å²) in [6, 6.07) is 6.54. The zero-order valence-electron chi connectivity index (χ0n) is 12.3. The number of benzene rings is 1. The average Bonchev–Trinajstić information content (AvgIpc) is 3.07. The van der Waals surface area contributed by atoms with E-state index in [0.717, 1.165) is 0 Å². The number of anilines is 1. The van der Waals surface area contributed by atoms with Crippen LogP contribution in [-0.4, -0.2) is 40.3 Å². The Morgan fingerprint density at radius 3 is 2.48 bits per heavy atom. The largest absolute Gasteiger partial charge is 0.481 e. The van der Waals surface area contributed by atoms with Gasteiger partial charge in [0.05, 0.1) is 30.5 Å². The SMILES string of the molecule is O=C(O)Cc1cccc(NC(=O)C2C(C(=O)O)[C@H]3CC[C@H]2O3)c1. The number of carboxylic acid groups (broad SMARTS) is 2. The molecule has 1 amide bonds. The summed E-state index contributed by atoms with van der Waals surface area (Å²) < 4.78 is 5.57. The number of nitrogens with one attached hydrogen (secondary N) is 1. The monoisotopic (exact) mass is 319 g/mol. The van der Waals surface area contributed by atoms with Gasteiger partial charge in [-0.2, -0.15) is 0 Å². The van der Waals surface area contributed by atoms with Crippen molar-refractivity contribution < 1.29 is 29.3 Å². The molecule has 0 aromatic heterocycles. The van der Waals surface area contributed by atoms with E-state index >= 15 is 0 Å². The standard InChI is InChI=1S/C16H17NO6/c18-12(19)7-8-2-1-3-9(6-8)17-15(20)13-10-4-5-11(23-10)14(13)16(21)22/h1-3,6,10-11,13-14H,4-5,7H2,(H,17,20)(H,18,19)(H,21,22)/t10-,11-,13?,14?/m1/s1. The summed E-state index contributed by atoms with van der Waals surface area (Å²) >= 11 is 0. The summed E-state index contributed by atoms with van der Waals surface area (Å²) in [6.07, 6.45) is 0.457. The second-order valence-electron chi connectivity index (χ2n) is 5.94. The minimum absolute atomic E-state index is 0.140. The van der Waals surface area contributed by atoms with Gasteiger partial charge in [-0.25, -0.2) is 0 Å². The van der Waals surface area contributed by atoms with E-state index in [9.17, 15) is 19.5 Å². The van der Waals surface area contributed by atoms with Gasteiger partial charge in [0.25, 0.3) is 0 Å². The maximum absolute atomic E-state index is 12.5. The molecule has 7 nitrogen and oxygen atoms in total. The summed E-state index contributed by atoms with van der Waals surface area (Å²) in [5.74, 6) is -3.90. The first-order valence-electron chi connectivity index (χ1n) is 7.45. The molecule has 23 heavy (non-hydrogen) atoms. The number of amides is 1. The predicted molar refractivity (Wildman–Crippen MR) is 78.9 cm³/mol. The molecule has 2 unspecified atom stereocenters. The number of fused-ring (bicyclic) bond motifs is 2. The Balaban J connectivity index is 1.74. The highest BCUT2D eigenvalue weighted by Gasteiger charge is 2.55. The van der Waals surface area contributed by atoms with Crippen LogP contribution in [0.4, 0.5) is 5.69 Å². The zero-order chi connectivity index (χ0) is 16.6. The van der Waals surface area contributed by atoms with Crippen LogP contribution < -0.4 is 5.32 Å². The summed E-state index contributed by atoms with van der Waals surface area (Å²) in [4.78, 5) is 34.6. The lowest BCUT2D eigenvalue weighted by Gasteiger charge is -2.23. The van der Waals surface area contributed by atoms with Crippen molar-refractivity contribution in [2.75, 3.05) is 5.32 Å². The Labute approximate surface area is 132 Å². The van der Waals surface area contributed by atoms with E-state index in [1.54, 1.807) is 24.3 Å². The lowest BCUT2D eigenvalue weighted by molar-refractivity contribution is -0.147. The first-order valence-corrected chi connectivity index (χ1v) is 7.45. The van der Waals surface area contributed by atoms with Gasteiger partial charge in [0, 0.05) is 5.69 Å². The second-order valence-corrected chi connectivity index (χ2v) is 5.94. The molecular weight excluding hydrogens is 302 g/mol. The molecule has 2 saturated heterocycles. The first kappa shape index (κ1) is 15.5. The van der Waals surface area contributed by atoms with Crippen LogP contribution in [0.2, 0.25) is 0 Å². The zero-order valence-corrected chi connectivity index (χ0v) is 12.3. The van der Waals surface area contributed by atoms with Crippen molar-refractivity contribution in [3.05, 3.63) is 29.8 Å². The van der Waals surface area contributed by atoms with E-state index in [2.05, 4.69) is 5.32 Å². The maximum atomic E-state index is 12.5. The number of ether oxygens (including phenoxy) is 1. The number of hydrogen-bond acceptors (Lipinski definition) is 4. The van der Waals surface area contributed by atoms with E-state index in [1.165, 1.54) is 0 Å². The van der Waals surface area contributed by atoms with Crippen molar-refractivity contribution in [3.8, 4) is 0 Å². The predicted octanol–water partition coefficient (Wildman–Crippen LogP) is 1.13. The maximum Gasteiger partial charge on any atom is 0.310 e. The molecule has 0 spiro atoms. The molecule has 7 heteroatoms. The number of aliphatic carboxylic acids is 2. The Hall–Kier alpha value is -2.41. The van der Waals surface area contributed by atoms with Crippen molar-refractivity contribution >= 4 is 23.5 Å². The van der Waals surface area contributed by atoms with Crippen molar-refractivity contribution in [2.24, 2.45) is 11.8 Å². The van der Waals surface area contributed by atoms with E-state index in [0.29, 0.717) is 24.1 Å². The molecule has 122 valence electrons. The number of hydrogen-bond donors (Lipinski definition) is 3. The van der Waals surface area contributed by atoms with Crippen LogP contribution in [-0.2, 0) is 25.5 Å². The van der Waals surface area contributed by atoms with Gasteiger partial charge >= 0.3 is 11.9 Å². The smallest absolute Gasteiger partial charge is 0.310 e. The van der Waals surface area contributed by atoms with Gasteiger partial charge in [-0.1, -0.05) is 12.1 Å². The molecule has 3 rings (SSSR count). The van der Waals surface area contributed by atoms with E-state index in [-0.39, 0.29) is 12.5 Å². The van der Waals surface area contributed by atoms with Gasteiger partial charge in [-0.15, -0.1) is 0 Å². The Kier molecular flexibility index (Phi) is 4.04. The third-order valence-electron chi connectivity index (χ3n) is 4.41. The fraction of sp³-hybridized carbons (Fsp3) is 0.438. The number of rotatable bonds is 5. The third-order valence-corrected chi connectivity index (χ3v) is 4.41. The van der Waals surface area contributed by atoms with Crippen LogP contribution in [0.5, 0.6) is 0 Å². The molecule has 0 radical (unpaired) electrons.